The van der Waals surface area contributed by atoms with Gasteiger partial charge in [0.05, 0.1) is 37.8 Å². The minimum absolute atomic E-state index is 0.130. The van der Waals surface area contributed by atoms with Gasteiger partial charge in [-0.1, -0.05) is 11.6 Å². The number of carbonyl (C=O) groups excluding carboxylic acids is 1. The highest BCUT2D eigenvalue weighted by atomic mass is 35.5. The van der Waals surface area contributed by atoms with Crippen molar-refractivity contribution in [3.63, 3.8) is 0 Å². The van der Waals surface area contributed by atoms with E-state index in [4.69, 9.17) is 21.1 Å². The van der Waals surface area contributed by atoms with Crippen LogP contribution in [0.1, 0.15) is 33.3 Å². The minimum Gasteiger partial charge on any atom is -0.493 e. The van der Waals surface area contributed by atoms with Crippen LogP contribution in [0.25, 0.3) is 10.1 Å². The molecule has 1 aliphatic heterocycles. The summed E-state index contributed by atoms with van der Waals surface area (Å²) in [4.78, 5) is 15.5. The summed E-state index contributed by atoms with van der Waals surface area (Å²) in [5.74, 6) is 0.516. The van der Waals surface area contributed by atoms with Crippen molar-refractivity contribution in [2.24, 2.45) is 0 Å². The highest BCUT2D eigenvalue weighted by molar-refractivity contribution is 7.21. The summed E-state index contributed by atoms with van der Waals surface area (Å²) in [6.07, 6.45) is 0.742. The fourth-order valence-electron chi connectivity index (χ4n) is 3.88. The maximum Gasteiger partial charge on any atom is 0.266 e. The summed E-state index contributed by atoms with van der Waals surface area (Å²) < 4.78 is 25.0. The molecule has 1 aromatic heterocycles. The molecule has 2 heterocycles. The number of fused-ring (bicyclic) bond motifs is 2. The van der Waals surface area contributed by atoms with Gasteiger partial charge in [-0.05, 0) is 47.9 Å². The molecule has 2 aromatic carbocycles. The molecule has 154 valence electrons. The molecule has 1 aliphatic rings. The maximum absolute atomic E-state index is 13.6. The van der Waals surface area contributed by atoms with Crippen LogP contribution in [0.3, 0.4) is 0 Å². The highest BCUT2D eigenvalue weighted by Crippen LogP contribution is 2.42. The monoisotopic (exact) mass is 444 g/mol. The van der Waals surface area contributed by atoms with Gasteiger partial charge in [-0.3, -0.25) is 4.79 Å². The fraction of sp³-hybridized carbons (Fsp3) is 0.273. The van der Waals surface area contributed by atoms with Gasteiger partial charge in [-0.25, -0.2) is 4.39 Å². The number of methoxy groups -OCH3 is 2. The Balaban J connectivity index is 1.77. The second-order valence-corrected chi connectivity index (χ2v) is 8.35. The number of hydrogen-bond acceptors (Lipinski definition) is 5. The van der Waals surface area contributed by atoms with Crippen molar-refractivity contribution < 1.29 is 18.7 Å². The van der Waals surface area contributed by atoms with E-state index < -0.39 is 6.04 Å². The Morgan fingerprint density at radius 3 is 2.73 bits per heavy atom. The van der Waals surface area contributed by atoms with E-state index in [0.717, 1.165) is 22.5 Å². The zero-order valence-corrected chi connectivity index (χ0v) is 17.9. The van der Waals surface area contributed by atoms with Gasteiger partial charge in [0, 0.05) is 16.6 Å². The number of nitriles is 1. The Hall–Kier alpha value is -2.82. The van der Waals surface area contributed by atoms with Gasteiger partial charge in [0.15, 0.2) is 11.5 Å². The SMILES string of the molecule is COc1cc2c(cc1OC)[C@@H](CC#N)N(C(=O)c1sc3cc(F)ccc3c1Cl)CC2. The first-order valence-corrected chi connectivity index (χ1v) is 10.5. The van der Waals surface area contributed by atoms with E-state index in [9.17, 15) is 14.4 Å². The molecular formula is C22H18ClFN2O3S. The molecule has 4 rings (SSSR count). The van der Waals surface area contributed by atoms with Gasteiger partial charge < -0.3 is 14.4 Å². The number of thiophene rings is 1. The molecule has 0 fully saturated rings. The lowest BCUT2D eigenvalue weighted by Crippen LogP contribution is -2.39. The van der Waals surface area contributed by atoms with Crippen LogP contribution in [-0.2, 0) is 6.42 Å². The number of hydrogen-bond donors (Lipinski definition) is 0. The third-order valence-corrected chi connectivity index (χ3v) is 6.98. The number of carbonyl (C=O) groups is 1. The van der Waals surface area contributed by atoms with Gasteiger partial charge in [-0.2, -0.15) is 5.26 Å². The van der Waals surface area contributed by atoms with Crippen LogP contribution >= 0.6 is 22.9 Å². The van der Waals surface area contributed by atoms with Gasteiger partial charge >= 0.3 is 0 Å². The lowest BCUT2D eigenvalue weighted by molar-refractivity contribution is 0.0669. The predicted octanol–water partition coefficient (Wildman–Crippen LogP) is 5.36. The normalized spacial score (nSPS) is 15.6. The summed E-state index contributed by atoms with van der Waals surface area (Å²) >= 11 is 7.64. The van der Waals surface area contributed by atoms with Crippen molar-refractivity contribution in [2.75, 3.05) is 20.8 Å². The zero-order chi connectivity index (χ0) is 21.4. The van der Waals surface area contributed by atoms with E-state index in [0.29, 0.717) is 44.5 Å². The van der Waals surface area contributed by atoms with Gasteiger partial charge in [0.1, 0.15) is 10.7 Å². The molecule has 1 amide bonds. The number of nitrogens with zero attached hydrogens (tertiary/aromatic N) is 2. The van der Waals surface area contributed by atoms with E-state index in [-0.39, 0.29) is 18.1 Å². The van der Waals surface area contributed by atoms with Crippen molar-refractivity contribution in [3.8, 4) is 17.6 Å². The third kappa shape index (κ3) is 3.36. The molecule has 0 unspecified atom stereocenters. The molecular weight excluding hydrogens is 427 g/mol. The Morgan fingerprint density at radius 2 is 2.03 bits per heavy atom. The molecule has 0 bridgehead atoms. The van der Waals surface area contributed by atoms with Gasteiger partial charge in [0.25, 0.3) is 5.91 Å². The van der Waals surface area contributed by atoms with E-state index in [2.05, 4.69) is 6.07 Å². The van der Waals surface area contributed by atoms with E-state index in [1.807, 2.05) is 12.1 Å². The van der Waals surface area contributed by atoms with Crippen LogP contribution in [0.2, 0.25) is 5.02 Å². The predicted molar refractivity (Wildman–Crippen MR) is 114 cm³/mol. The second kappa shape index (κ2) is 8.13. The van der Waals surface area contributed by atoms with Crippen molar-refractivity contribution >= 4 is 38.9 Å². The minimum atomic E-state index is -0.441. The standard InChI is InChI=1S/C22H18ClFN2O3S/c1-28-17-9-12-6-8-26(16(5-7-25)15(12)11-18(17)29-2)22(27)21-20(23)14-4-3-13(24)10-19(14)30-21/h3-4,9-11,16H,5-6,8H2,1-2H3/t16-/m1/s1. The van der Waals surface area contributed by atoms with Crippen molar-refractivity contribution in [1.29, 1.82) is 5.26 Å². The summed E-state index contributed by atoms with van der Waals surface area (Å²) in [5.41, 5.74) is 1.87. The molecule has 30 heavy (non-hydrogen) atoms. The lowest BCUT2D eigenvalue weighted by Gasteiger charge is -2.36. The molecule has 0 saturated heterocycles. The fourth-order valence-corrected chi connectivity index (χ4v) is 5.38. The maximum atomic E-state index is 13.6. The first-order valence-electron chi connectivity index (χ1n) is 9.28. The zero-order valence-electron chi connectivity index (χ0n) is 16.4. The summed E-state index contributed by atoms with van der Waals surface area (Å²) in [7, 11) is 3.12. The molecule has 0 radical (unpaired) electrons. The van der Waals surface area contributed by atoms with E-state index in [1.54, 1.807) is 25.2 Å². The molecule has 3 aromatic rings. The summed E-state index contributed by atoms with van der Waals surface area (Å²) in [5, 5.41) is 10.4. The van der Waals surface area contributed by atoms with Crippen LogP contribution in [-0.4, -0.2) is 31.6 Å². The molecule has 5 nitrogen and oxygen atoms in total. The molecule has 0 spiro atoms. The topological polar surface area (TPSA) is 62.6 Å². The number of amides is 1. The van der Waals surface area contributed by atoms with Crippen LogP contribution in [0.15, 0.2) is 30.3 Å². The quantitative estimate of drug-likeness (QED) is 0.543. The van der Waals surface area contributed by atoms with Crippen molar-refractivity contribution in [1.82, 2.24) is 4.90 Å². The Morgan fingerprint density at radius 1 is 1.30 bits per heavy atom. The molecule has 1 atom stereocenters. The Kier molecular flexibility index (Phi) is 5.54. The number of halogens is 2. The Bertz CT molecular complexity index is 1190. The first kappa shape index (κ1) is 20.5. The van der Waals surface area contributed by atoms with Crippen molar-refractivity contribution in [2.45, 2.75) is 18.9 Å². The van der Waals surface area contributed by atoms with Crippen LogP contribution in [0, 0.1) is 17.1 Å². The number of rotatable bonds is 4. The van der Waals surface area contributed by atoms with Crippen LogP contribution in [0.5, 0.6) is 11.5 Å². The van der Waals surface area contributed by atoms with E-state index >= 15 is 0 Å². The summed E-state index contributed by atoms with van der Waals surface area (Å²) in [6, 6.07) is 9.75. The summed E-state index contributed by atoms with van der Waals surface area (Å²) in [6.45, 7) is 0.437. The van der Waals surface area contributed by atoms with E-state index in [1.165, 1.54) is 12.1 Å². The average Bonchev–Trinajstić information content (AvgIpc) is 3.08. The highest BCUT2D eigenvalue weighted by Gasteiger charge is 2.34. The molecule has 0 saturated carbocycles. The van der Waals surface area contributed by atoms with Crippen molar-refractivity contribution in [3.05, 3.63) is 57.2 Å². The third-order valence-electron chi connectivity index (χ3n) is 5.33. The van der Waals surface area contributed by atoms with Gasteiger partial charge in [-0.15, -0.1) is 11.3 Å². The molecule has 0 aliphatic carbocycles. The van der Waals surface area contributed by atoms with Crippen LogP contribution < -0.4 is 9.47 Å². The Labute approximate surface area is 182 Å². The largest absolute Gasteiger partial charge is 0.493 e. The number of benzene rings is 2. The lowest BCUT2D eigenvalue weighted by atomic mass is 9.90. The van der Waals surface area contributed by atoms with Crippen LogP contribution in [0.4, 0.5) is 4.39 Å². The number of ether oxygens (including phenoxy) is 2. The molecule has 0 N–H and O–H groups in total. The van der Waals surface area contributed by atoms with Gasteiger partial charge in [0.2, 0.25) is 0 Å². The smallest absolute Gasteiger partial charge is 0.266 e. The first-order chi connectivity index (χ1) is 14.5. The average molecular weight is 445 g/mol. The molecule has 8 heteroatoms. The second-order valence-electron chi connectivity index (χ2n) is 6.92.